The third-order valence-electron chi connectivity index (χ3n) is 21.2. The normalized spacial score (nSPS) is 50.8. The predicted molar refractivity (Wildman–Crippen MR) is 236 cm³/mol. The fourth-order valence-corrected chi connectivity index (χ4v) is 17.7. The Morgan fingerprint density at radius 1 is 0.576 bits per heavy atom. The summed E-state index contributed by atoms with van der Waals surface area (Å²) < 4.78 is 0. The van der Waals surface area contributed by atoms with Crippen LogP contribution in [-0.4, -0.2) is 67.6 Å². The zero-order valence-electron chi connectivity index (χ0n) is 38.0. The molecule has 8 rings (SSSR count). The number of hydrogen-bond donors (Lipinski definition) is 5. The number of aliphatic hydroxyl groups excluding tert-OH is 5. The molecule has 8 fully saturated rings. The van der Waals surface area contributed by atoms with Gasteiger partial charge in [-0.3, -0.25) is 4.79 Å². The second kappa shape index (κ2) is 18.0. The third kappa shape index (κ3) is 8.25. The highest BCUT2D eigenvalue weighted by atomic mass is 16.3. The first kappa shape index (κ1) is 47.6. The van der Waals surface area contributed by atoms with Gasteiger partial charge in [0.2, 0.25) is 0 Å². The van der Waals surface area contributed by atoms with Crippen LogP contribution in [-0.2, 0) is 9.59 Å². The lowest BCUT2D eigenvalue weighted by atomic mass is 9.43. The summed E-state index contributed by atoms with van der Waals surface area (Å²) in [5.41, 5.74) is 0.607. The second-order valence-corrected chi connectivity index (χ2v) is 23.6. The fourth-order valence-electron chi connectivity index (χ4n) is 17.7. The van der Waals surface area contributed by atoms with Crippen molar-refractivity contribution in [3.05, 3.63) is 0 Å². The molecule has 7 nitrogen and oxygen atoms in total. The molecule has 59 heavy (non-hydrogen) atoms. The number of Topliss-reactive ketones (excluding diaryl/α,β-unsaturated/α-hetero) is 2. The summed E-state index contributed by atoms with van der Waals surface area (Å²) in [6.45, 7) is 18.0. The van der Waals surface area contributed by atoms with Gasteiger partial charge in [-0.05, 0) is 209 Å². The molecule has 8 aliphatic carbocycles. The lowest BCUT2D eigenvalue weighted by molar-refractivity contribution is -0.207. The first-order valence-electron chi connectivity index (χ1n) is 24.7. The molecule has 0 heterocycles. The molecule has 0 aliphatic heterocycles. The maximum Gasteiger partial charge on any atom is 0.132 e. The Bertz CT molecular complexity index is 1470. The Labute approximate surface area is 360 Å². The zero-order valence-corrected chi connectivity index (χ0v) is 38.0. The lowest BCUT2D eigenvalue weighted by Crippen LogP contribution is -2.62. The molecule has 0 saturated heterocycles. The number of ketones is 2. The van der Waals surface area contributed by atoms with E-state index in [4.69, 9.17) is 0 Å². The largest absolute Gasteiger partial charge is 0.393 e. The Kier molecular flexibility index (Phi) is 14.5. The summed E-state index contributed by atoms with van der Waals surface area (Å²) in [7, 11) is 0. The van der Waals surface area contributed by atoms with Crippen molar-refractivity contribution < 1.29 is 35.1 Å². The standard InChI is InChI=1S/C26H44O4.C25H42O3.CH4/c1-5-17(27)7-6-15(2)19-8-9-20-24-21(14-23(30)26(19,20)4)25(3)11-10-18(28)12-16(25)13-22(24)29;1-15(5-6-16(2)26)19-7-8-20-23-21(10-12-25(19,20)4)24(3)11-9-18(27)13-17(24)14-22(23)28;/h15-16,18-24,28-30H,5-14H2,1-4H3;15,17-23,27-28H,5-14H2,1-4H3;1H4/t15-,16+,18-,19-,20+,21+,22-,23+,24+,25+,26-;15-,17+,18-,19-,20+,21+,22-,23+,24+,25-;/m11./s1. The first-order valence-corrected chi connectivity index (χ1v) is 24.7. The van der Waals surface area contributed by atoms with E-state index < -0.39 is 0 Å². The van der Waals surface area contributed by atoms with E-state index in [-0.39, 0.29) is 54.7 Å². The van der Waals surface area contributed by atoms with E-state index in [1.807, 2.05) is 6.92 Å². The average Bonchev–Trinajstić information content (AvgIpc) is 3.72. The van der Waals surface area contributed by atoms with E-state index in [0.29, 0.717) is 100 Å². The van der Waals surface area contributed by atoms with Crippen LogP contribution in [0, 0.1) is 92.7 Å². The van der Waals surface area contributed by atoms with Crippen LogP contribution in [0.25, 0.3) is 0 Å². The number of fused-ring (bicyclic) bond motifs is 10. The van der Waals surface area contributed by atoms with Gasteiger partial charge >= 0.3 is 0 Å². The number of rotatable bonds is 9. The van der Waals surface area contributed by atoms with Crippen LogP contribution in [0.3, 0.4) is 0 Å². The number of aliphatic hydroxyl groups is 5. The van der Waals surface area contributed by atoms with Crippen molar-refractivity contribution in [2.24, 2.45) is 92.7 Å². The van der Waals surface area contributed by atoms with Gasteiger partial charge in [-0.25, -0.2) is 0 Å². The molecule has 0 bridgehead atoms. The summed E-state index contributed by atoms with van der Waals surface area (Å²) >= 11 is 0. The lowest BCUT2D eigenvalue weighted by Gasteiger charge is -2.63. The van der Waals surface area contributed by atoms with E-state index in [2.05, 4.69) is 41.5 Å². The van der Waals surface area contributed by atoms with Crippen molar-refractivity contribution in [2.45, 2.75) is 222 Å². The van der Waals surface area contributed by atoms with Crippen LogP contribution in [0.1, 0.15) is 191 Å². The maximum atomic E-state index is 11.9. The Balaban J connectivity index is 0.000000195. The van der Waals surface area contributed by atoms with Crippen molar-refractivity contribution in [3.63, 3.8) is 0 Å². The Hall–Kier alpha value is -0.860. The number of carbonyl (C=O) groups excluding carboxylic acids is 2. The molecule has 21 atom stereocenters. The van der Waals surface area contributed by atoms with Gasteiger partial charge in [0.15, 0.2) is 0 Å². The third-order valence-corrected chi connectivity index (χ3v) is 21.2. The number of hydrogen-bond acceptors (Lipinski definition) is 7. The number of carbonyl (C=O) groups is 2. The van der Waals surface area contributed by atoms with Gasteiger partial charge in [0.05, 0.1) is 30.5 Å². The summed E-state index contributed by atoms with van der Waals surface area (Å²) in [6.07, 6.45) is 18.1. The summed E-state index contributed by atoms with van der Waals surface area (Å²) in [6, 6.07) is 0. The maximum absolute atomic E-state index is 11.9. The van der Waals surface area contributed by atoms with E-state index in [1.165, 1.54) is 25.7 Å². The predicted octanol–water partition coefficient (Wildman–Crippen LogP) is 9.96. The van der Waals surface area contributed by atoms with Crippen LogP contribution in [0.2, 0.25) is 0 Å². The SMILES string of the molecule is C.CC(=O)CC[C@@H](C)[C@H]1CC[C@H]2[C@@H]3[C@H](O)C[C@@H]4C[C@H](O)CC[C@]4(C)[C@H]3CC[C@]12C.CCC(=O)CC[C@@H](C)[C@H]1CC[C@H]2[C@@H]3[C@H](O)C[C@@H]4C[C@H](O)CC[C@]4(C)[C@H]3C[C@H](O)[C@]12C. The molecule has 0 unspecified atom stereocenters. The van der Waals surface area contributed by atoms with E-state index in [9.17, 15) is 35.1 Å². The second-order valence-electron chi connectivity index (χ2n) is 23.6. The van der Waals surface area contributed by atoms with Gasteiger partial charge in [-0.2, -0.15) is 0 Å². The minimum Gasteiger partial charge on any atom is -0.393 e. The Morgan fingerprint density at radius 2 is 1.05 bits per heavy atom. The molecule has 0 aromatic carbocycles. The van der Waals surface area contributed by atoms with Crippen molar-refractivity contribution in [2.75, 3.05) is 0 Å². The van der Waals surface area contributed by atoms with Crippen LogP contribution in [0.15, 0.2) is 0 Å². The highest BCUT2D eigenvalue weighted by Gasteiger charge is 2.66. The average molecular weight is 827 g/mol. The minimum atomic E-state index is -0.338. The highest BCUT2D eigenvalue weighted by Crippen LogP contribution is 2.70. The molecule has 0 radical (unpaired) electrons. The van der Waals surface area contributed by atoms with Gasteiger partial charge in [0, 0.05) is 19.3 Å². The van der Waals surface area contributed by atoms with Crippen LogP contribution < -0.4 is 0 Å². The van der Waals surface area contributed by atoms with Crippen LogP contribution in [0.4, 0.5) is 0 Å². The van der Waals surface area contributed by atoms with Crippen LogP contribution in [0.5, 0.6) is 0 Å². The van der Waals surface area contributed by atoms with Gasteiger partial charge in [0.25, 0.3) is 0 Å². The molecule has 0 aromatic rings. The molecule has 0 amide bonds. The van der Waals surface area contributed by atoms with E-state index >= 15 is 0 Å². The molecule has 340 valence electrons. The molecule has 8 saturated carbocycles. The molecular weight excluding hydrogens is 737 g/mol. The molecule has 0 spiro atoms. The van der Waals surface area contributed by atoms with Crippen molar-refractivity contribution in [1.82, 2.24) is 0 Å². The quantitative estimate of drug-likeness (QED) is 0.156. The highest BCUT2D eigenvalue weighted by molar-refractivity contribution is 5.77. The van der Waals surface area contributed by atoms with Crippen molar-refractivity contribution in [3.8, 4) is 0 Å². The van der Waals surface area contributed by atoms with Gasteiger partial charge in [0.1, 0.15) is 11.6 Å². The van der Waals surface area contributed by atoms with E-state index in [0.717, 1.165) is 89.9 Å². The van der Waals surface area contributed by atoms with Gasteiger partial charge in [-0.1, -0.05) is 55.9 Å². The van der Waals surface area contributed by atoms with Gasteiger partial charge < -0.3 is 30.3 Å². The topological polar surface area (TPSA) is 135 Å². The zero-order chi connectivity index (χ0) is 42.1. The van der Waals surface area contributed by atoms with Crippen molar-refractivity contribution in [1.29, 1.82) is 0 Å². The molecule has 5 N–H and O–H groups in total. The molecular formula is C52H90O7. The Morgan fingerprint density at radius 3 is 1.63 bits per heavy atom. The molecule has 7 heteroatoms. The molecule has 0 aromatic heterocycles. The summed E-state index contributed by atoms with van der Waals surface area (Å²) in [4.78, 5) is 23.4. The first-order chi connectivity index (χ1) is 27.3. The van der Waals surface area contributed by atoms with Crippen LogP contribution >= 0.6 is 0 Å². The fraction of sp³-hybridized carbons (Fsp3) is 0.962. The summed E-state index contributed by atoms with van der Waals surface area (Å²) in [5.74, 6) is 6.34. The van der Waals surface area contributed by atoms with E-state index in [1.54, 1.807) is 6.92 Å². The van der Waals surface area contributed by atoms with Crippen molar-refractivity contribution >= 4 is 11.6 Å². The minimum absolute atomic E-state index is 0. The van der Waals surface area contributed by atoms with Gasteiger partial charge in [-0.15, -0.1) is 0 Å². The molecule has 8 aliphatic rings. The summed E-state index contributed by atoms with van der Waals surface area (Å²) in [5, 5.41) is 54.6. The monoisotopic (exact) mass is 827 g/mol. The smallest absolute Gasteiger partial charge is 0.132 e.